The van der Waals surface area contributed by atoms with Crippen LogP contribution in [-0.2, 0) is 9.59 Å². The third-order valence-corrected chi connectivity index (χ3v) is 6.80. The molecule has 1 aromatic heterocycles. The van der Waals surface area contributed by atoms with Gasteiger partial charge in [-0.1, -0.05) is 24.1 Å². The van der Waals surface area contributed by atoms with E-state index in [9.17, 15) is 14.4 Å². The summed E-state index contributed by atoms with van der Waals surface area (Å²) in [5.41, 5.74) is 14.4. The number of carbonyl (C=O) groups excluding carboxylic acids is 3. The number of rotatable bonds is 9. The maximum atomic E-state index is 12.9. The van der Waals surface area contributed by atoms with Crippen molar-refractivity contribution in [1.29, 1.82) is 0 Å². The Morgan fingerprint density at radius 2 is 1.71 bits per heavy atom. The van der Waals surface area contributed by atoms with Crippen LogP contribution in [0.25, 0.3) is 11.6 Å². The van der Waals surface area contributed by atoms with Crippen molar-refractivity contribution >= 4 is 46.4 Å². The number of aromatic nitrogens is 1. The van der Waals surface area contributed by atoms with Gasteiger partial charge in [-0.3, -0.25) is 14.4 Å². The molecule has 4 rings (SSSR count). The van der Waals surface area contributed by atoms with Gasteiger partial charge in [-0.15, -0.1) is 0 Å². The van der Waals surface area contributed by atoms with E-state index in [1.807, 2.05) is 70.2 Å². The summed E-state index contributed by atoms with van der Waals surface area (Å²) < 4.78 is 0. The number of nitrogen functional groups attached to an aromatic ring is 1. The number of nitrogens with two attached hydrogens (primary N) is 1. The predicted molar refractivity (Wildman–Crippen MR) is 153 cm³/mol. The number of hydrogen-bond donors (Lipinski definition) is 5. The molecule has 6 N–H and O–H groups in total. The molecule has 8 heteroatoms. The number of aromatic amines is 1. The third-order valence-electron chi connectivity index (χ3n) is 6.80. The molecule has 38 heavy (non-hydrogen) atoms. The van der Waals surface area contributed by atoms with Crippen molar-refractivity contribution in [3.63, 3.8) is 0 Å². The number of H-pyrrole nitrogens is 1. The highest BCUT2D eigenvalue weighted by Gasteiger charge is 2.25. The maximum absolute atomic E-state index is 12.9. The van der Waals surface area contributed by atoms with E-state index in [1.165, 1.54) is 0 Å². The normalized spacial score (nSPS) is 13.4. The van der Waals surface area contributed by atoms with Crippen LogP contribution in [0.4, 0.5) is 17.1 Å². The van der Waals surface area contributed by atoms with Gasteiger partial charge in [0, 0.05) is 35.6 Å². The van der Waals surface area contributed by atoms with E-state index >= 15 is 0 Å². The van der Waals surface area contributed by atoms with Crippen LogP contribution >= 0.6 is 0 Å². The Hall–Kier alpha value is -4.33. The molecule has 0 aliphatic carbocycles. The van der Waals surface area contributed by atoms with E-state index < -0.39 is 0 Å². The Labute approximate surface area is 223 Å². The van der Waals surface area contributed by atoms with Crippen molar-refractivity contribution in [2.75, 3.05) is 22.9 Å². The molecule has 3 amide bonds. The standard InChI is InChI=1S/C30H35N5O3/c1-17-9-11-24-21(14-17)22(29(37)35-24)16-26-19(3)28(20(4)33-26)30(38)32-13-7-5-6-8-27(36)34-25-12-10-18(2)15-23(25)31/h9-12,14-16,33H,5-8,13,31H2,1-4H3,(H,32,38)(H,34,36)(H,35,37)/b22-16-. The molecule has 0 saturated carbocycles. The number of amides is 3. The van der Waals surface area contributed by atoms with Crippen LogP contribution in [0.1, 0.15) is 69.7 Å². The van der Waals surface area contributed by atoms with Crippen LogP contribution in [0.5, 0.6) is 0 Å². The molecule has 8 nitrogen and oxygen atoms in total. The lowest BCUT2D eigenvalue weighted by atomic mass is 10.0. The number of aryl methyl sites for hydroxylation is 3. The van der Waals surface area contributed by atoms with Gasteiger partial charge in [0.25, 0.3) is 11.8 Å². The highest BCUT2D eigenvalue weighted by Crippen LogP contribution is 2.34. The van der Waals surface area contributed by atoms with Crippen molar-refractivity contribution < 1.29 is 14.4 Å². The fourth-order valence-electron chi connectivity index (χ4n) is 4.73. The molecule has 0 bridgehead atoms. The van der Waals surface area contributed by atoms with E-state index in [0.717, 1.165) is 58.6 Å². The van der Waals surface area contributed by atoms with Gasteiger partial charge in [-0.05, 0) is 82.0 Å². The molecular weight excluding hydrogens is 478 g/mol. The van der Waals surface area contributed by atoms with Crippen LogP contribution in [0.3, 0.4) is 0 Å². The molecule has 198 valence electrons. The zero-order valence-corrected chi connectivity index (χ0v) is 22.4. The molecule has 0 radical (unpaired) electrons. The van der Waals surface area contributed by atoms with Gasteiger partial charge in [-0.2, -0.15) is 0 Å². The third kappa shape index (κ3) is 5.96. The summed E-state index contributed by atoms with van der Waals surface area (Å²) in [7, 11) is 0. The topological polar surface area (TPSA) is 129 Å². The Morgan fingerprint density at radius 3 is 2.47 bits per heavy atom. The van der Waals surface area contributed by atoms with Crippen LogP contribution in [0.15, 0.2) is 36.4 Å². The minimum Gasteiger partial charge on any atom is -0.397 e. The van der Waals surface area contributed by atoms with Gasteiger partial charge < -0.3 is 26.7 Å². The molecule has 0 spiro atoms. The molecule has 0 unspecified atom stereocenters. The molecular formula is C30H35N5O3. The van der Waals surface area contributed by atoms with E-state index in [-0.39, 0.29) is 17.7 Å². The summed E-state index contributed by atoms with van der Waals surface area (Å²) in [5.74, 6) is -0.376. The number of carbonyl (C=O) groups is 3. The Balaban J connectivity index is 1.28. The minimum atomic E-state index is -0.153. The van der Waals surface area contributed by atoms with Crippen molar-refractivity contribution in [3.05, 3.63) is 75.6 Å². The average Bonchev–Trinajstić information content (AvgIpc) is 3.32. The van der Waals surface area contributed by atoms with Crippen LogP contribution in [0.2, 0.25) is 0 Å². The minimum absolute atomic E-state index is 0.0708. The molecule has 0 atom stereocenters. The lowest BCUT2D eigenvalue weighted by Gasteiger charge is -2.09. The first-order valence-electron chi connectivity index (χ1n) is 12.9. The first kappa shape index (κ1) is 26.7. The van der Waals surface area contributed by atoms with E-state index in [2.05, 4.69) is 20.9 Å². The molecule has 0 saturated heterocycles. The predicted octanol–water partition coefficient (Wildman–Crippen LogP) is 5.25. The Kier molecular flexibility index (Phi) is 8.00. The van der Waals surface area contributed by atoms with Gasteiger partial charge in [0.15, 0.2) is 0 Å². The smallest absolute Gasteiger partial charge is 0.256 e. The van der Waals surface area contributed by atoms with Crippen molar-refractivity contribution in [2.24, 2.45) is 0 Å². The van der Waals surface area contributed by atoms with Gasteiger partial charge in [0.1, 0.15) is 0 Å². The number of unbranched alkanes of at least 4 members (excludes halogenated alkanes) is 2. The van der Waals surface area contributed by atoms with Crippen molar-refractivity contribution in [1.82, 2.24) is 10.3 Å². The van der Waals surface area contributed by atoms with E-state index in [0.29, 0.717) is 35.5 Å². The fourth-order valence-corrected chi connectivity index (χ4v) is 4.73. The SMILES string of the molecule is Cc1ccc(NC(=O)CCCCCNC(=O)c2c(C)[nH]c(/C=C3\C(=O)Nc4ccc(C)cc43)c2C)c(N)c1. The quantitative estimate of drug-likeness (QED) is 0.152. The Morgan fingerprint density at radius 1 is 0.974 bits per heavy atom. The molecule has 0 fully saturated rings. The average molecular weight is 514 g/mol. The molecule has 3 aromatic rings. The van der Waals surface area contributed by atoms with Gasteiger partial charge in [-0.25, -0.2) is 0 Å². The monoisotopic (exact) mass is 513 g/mol. The number of anilines is 3. The summed E-state index contributed by atoms with van der Waals surface area (Å²) in [4.78, 5) is 41.0. The first-order chi connectivity index (χ1) is 18.1. The zero-order chi connectivity index (χ0) is 27.4. The lowest BCUT2D eigenvalue weighted by molar-refractivity contribution is -0.116. The zero-order valence-electron chi connectivity index (χ0n) is 22.4. The number of hydrogen-bond acceptors (Lipinski definition) is 4. The maximum Gasteiger partial charge on any atom is 0.256 e. The second kappa shape index (κ2) is 11.4. The first-order valence-corrected chi connectivity index (χ1v) is 12.9. The highest BCUT2D eigenvalue weighted by molar-refractivity contribution is 6.35. The van der Waals surface area contributed by atoms with E-state index in [4.69, 9.17) is 5.73 Å². The van der Waals surface area contributed by atoms with Crippen LogP contribution < -0.4 is 21.7 Å². The lowest BCUT2D eigenvalue weighted by Crippen LogP contribution is -2.25. The van der Waals surface area contributed by atoms with Crippen LogP contribution in [-0.4, -0.2) is 29.3 Å². The van der Waals surface area contributed by atoms with Gasteiger partial charge >= 0.3 is 0 Å². The molecule has 1 aliphatic heterocycles. The number of fused-ring (bicyclic) bond motifs is 1. The van der Waals surface area contributed by atoms with Crippen molar-refractivity contribution in [3.8, 4) is 0 Å². The fraction of sp³-hybridized carbons (Fsp3) is 0.300. The summed E-state index contributed by atoms with van der Waals surface area (Å²) >= 11 is 0. The molecule has 2 heterocycles. The van der Waals surface area contributed by atoms with Gasteiger partial charge in [0.05, 0.1) is 22.5 Å². The van der Waals surface area contributed by atoms with Crippen molar-refractivity contribution in [2.45, 2.75) is 53.4 Å². The second-order valence-corrected chi connectivity index (χ2v) is 9.93. The largest absolute Gasteiger partial charge is 0.397 e. The van der Waals surface area contributed by atoms with Crippen LogP contribution in [0, 0.1) is 27.7 Å². The second-order valence-electron chi connectivity index (χ2n) is 9.93. The Bertz CT molecular complexity index is 1430. The number of nitrogens with one attached hydrogen (secondary N) is 4. The summed E-state index contributed by atoms with van der Waals surface area (Å²) in [6.07, 6.45) is 4.51. The molecule has 2 aromatic carbocycles. The highest BCUT2D eigenvalue weighted by atomic mass is 16.2. The van der Waals surface area contributed by atoms with E-state index in [1.54, 1.807) is 0 Å². The number of benzene rings is 2. The molecule has 1 aliphatic rings. The summed E-state index contributed by atoms with van der Waals surface area (Å²) in [6.45, 7) is 8.20. The van der Waals surface area contributed by atoms with Gasteiger partial charge in [0.2, 0.25) is 5.91 Å². The summed E-state index contributed by atoms with van der Waals surface area (Å²) in [5, 5.41) is 8.73. The summed E-state index contributed by atoms with van der Waals surface area (Å²) in [6, 6.07) is 11.4.